The Balaban J connectivity index is 2.31. The van der Waals surface area contributed by atoms with Crippen LogP contribution in [-0.2, 0) is 5.41 Å². The molecule has 0 aliphatic heterocycles. The van der Waals surface area contributed by atoms with Crippen LogP contribution in [0.1, 0.15) is 31.6 Å². The summed E-state index contributed by atoms with van der Waals surface area (Å²) in [5, 5.41) is 9.93. The third kappa shape index (κ3) is 3.49. The molecule has 2 aromatic rings. The third-order valence-electron chi connectivity index (χ3n) is 2.04. The van der Waals surface area contributed by atoms with Gasteiger partial charge in [0.25, 0.3) is 0 Å². The van der Waals surface area contributed by atoms with Crippen molar-refractivity contribution in [2.75, 3.05) is 0 Å². The summed E-state index contributed by atoms with van der Waals surface area (Å²) in [7, 11) is 0. The van der Waals surface area contributed by atoms with Crippen molar-refractivity contribution in [1.82, 2.24) is 20.2 Å². The van der Waals surface area contributed by atoms with Crippen molar-refractivity contribution in [2.45, 2.75) is 42.5 Å². The molecule has 18 heavy (non-hydrogen) atoms. The third-order valence-corrected chi connectivity index (χ3v) is 4.26. The fraction of sp³-hybridized carbons (Fsp3) is 0.455. The second kappa shape index (κ2) is 5.22. The van der Waals surface area contributed by atoms with E-state index in [4.69, 9.17) is 0 Å². The van der Waals surface area contributed by atoms with Gasteiger partial charge in [-0.3, -0.25) is 0 Å². The lowest BCUT2D eigenvalue weighted by atomic mass is 9.96. The average molecular weight is 345 g/mol. The van der Waals surface area contributed by atoms with Gasteiger partial charge in [0.1, 0.15) is 20.5 Å². The van der Waals surface area contributed by atoms with Gasteiger partial charge in [-0.15, -0.1) is 10.2 Å². The van der Waals surface area contributed by atoms with E-state index in [1.165, 1.54) is 11.8 Å². The smallest absolute Gasteiger partial charge is 0.180 e. The molecule has 4 nitrogen and oxygen atoms in total. The van der Waals surface area contributed by atoms with E-state index in [0.717, 1.165) is 24.8 Å². The second-order valence-corrected chi connectivity index (χ2v) is 8.05. The molecule has 7 heteroatoms. The molecular formula is C11H13BrN4S2. The normalized spacial score (nSPS) is 11.8. The largest absolute Gasteiger partial charge is 0.226 e. The Morgan fingerprint density at radius 1 is 1.22 bits per heavy atom. The number of rotatable bonds is 2. The fourth-order valence-corrected chi connectivity index (χ4v) is 3.49. The first-order chi connectivity index (χ1) is 8.34. The van der Waals surface area contributed by atoms with Crippen LogP contribution in [0.4, 0.5) is 0 Å². The summed E-state index contributed by atoms with van der Waals surface area (Å²) in [5.74, 6) is 0.820. The van der Waals surface area contributed by atoms with E-state index in [9.17, 15) is 0 Å². The van der Waals surface area contributed by atoms with Gasteiger partial charge in [0, 0.05) is 11.5 Å². The molecule has 0 saturated carbocycles. The SMILES string of the molecule is Cc1nnc(Sc2cc(Br)nc(C(C)(C)C)n2)s1. The first-order valence-corrected chi connectivity index (χ1v) is 7.80. The van der Waals surface area contributed by atoms with Gasteiger partial charge in [-0.25, -0.2) is 9.97 Å². The van der Waals surface area contributed by atoms with Crippen molar-refractivity contribution in [3.05, 3.63) is 21.5 Å². The predicted molar refractivity (Wildman–Crippen MR) is 77.2 cm³/mol. The standard InChI is InChI=1S/C11H13BrN4S2/c1-6-15-16-10(17-6)18-8-5-7(12)13-9(14-8)11(2,3)4/h5H,1-4H3. The summed E-state index contributed by atoms with van der Waals surface area (Å²) in [6.45, 7) is 8.23. The van der Waals surface area contributed by atoms with Gasteiger partial charge < -0.3 is 0 Å². The lowest BCUT2D eigenvalue weighted by molar-refractivity contribution is 0.536. The molecule has 96 valence electrons. The Kier molecular flexibility index (Phi) is 4.03. The number of hydrogen-bond donors (Lipinski definition) is 0. The summed E-state index contributed by atoms with van der Waals surface area (Å²) >= 11 is 6.51. The number of aryl methyl sites for hydroxylation is 1. The zero-order valence-corrected chi connectivity index (χ0v) is 13.8. The minimum atomic E-state index is -0.0733. The van der Waals surface area contributed by atoms with Crippen LogP contribution < -0.4 is 0 Å². The summed E-state index contributed by atoms with van der Waals surface area (Å²) in [6, 6.07) is 1.90. The molecule has 2 rings (SSSR count). The molecule has 0 aliphatic rings. The highest BCUT2D eigenvalue weighted by Crippen LogP contribution is 2.31. The maximum Gasteiger partial charge on any atom is 0.180 e. The van der Waals surface area contributed by atoms with Gasteiger partial charge >= 0.3 is 0 Å². The quantitative estimate of drug-likeness (QED) is 0.774. The van der Waals surface area contributed by atoms with E-state index in [0.29, 0.717) is 0 Å². The van der Waals surface area contributed by atoms with E-state index in [1.54, 1.807) is 11.3 Å². The molecule has 0 spiro atoms. The second-order valence-electron chi connectivity index (χ2n) is 4.79. The predicted octanol–water partition coefficient (Wildman–Crippen LogP) is 3.85. The molecule has 2 aromatic heterocycles. The topological polar surface area (TPSA) is 51.6 Å². The molecule has 0 radical (unpaired) electrons. The van der Waals surface area contributed by atoms with Crippen LogP contribution in [0, 0.1) is 6.92 Å². The monoisotopic (exact) mass is 344 g/mol. The molecule has 0 bridgehead atoms. The van der Waals surface area contributed by atoms with Crippen molar-refractivity contribution < 1.29 is 0 Å². The maximum atomic E-state index is 4.57. The van der Waals surface area contributed by atoms with Gasteiger partial charge in [-0.1, -0.05) is 32.1 Å². The Morgan fingerprint density at radius 3 is 2.50 bits per heavy atom. The molecule has 0 saturated heterocycles. The molecular weight excluding hydrogens is 332 g/mol. The van der Waals surface area contributed by atoms with Gasteiger partial charge in [0.05, 0.1) is 0 Å². The number of hydrogen-bond acceptors (Lipinski definition) is 6. The van der Waals surface area contributed by atoms with Crippen molar-refractivity contribution in [3.63, 3.8) is 0 Å². The Labute approximate surface area is 123 Å². The van der Waals surface area contributed by atoms with Gasteiger partial charge in [-0.05, 0) is 34.6 Å². The van der Waals surface area contributed by atoms with E-state index >= 15 is 0 Å². The highest BCUT2D eigenvalue weighted by molar-refractivity contribution is 9.10. The summed E-state index contributed by atoms with van der Waals surface area (Å²) in [4.78, 5) is 8.98. The Bertz CT molecular complexity index is 562. The van der Waals surface area contributed by atoms with Crippen LogP contribution in [0.3, 0.4) is 0 Å². The lowest BCUT2D eigenvalue weighted by Crippen LogP contribution is -2.16. The molecule has 0 fully saturated rings. The van der Waals surface area contributed by atoms with Crippen LogP contribution in [-0.4, -0.2) is 20.2 Å². The number of aromatic nitrogens is 4. The molecule has 0 aliphatic carbocycles. The fourth-order valence-electron chi connectivity index (χ4n) is 1.19. The van der Waals surface area contributed by atoms with E-state index in [2.05, 4.69) is 56.9 Å². The van der Waals surface area contributed by atoms with Gasteiger partial charge in [0.2, 0.25) is 0 Å². The average Bonchev–Trinajstić information content (AvgIpc) is 2.61. The van der Waals surface area contributed by atoms with Crippen molar-refractivity contribution in [3.8, 4) is 0 Å². The molecule has 0 unspecified atom stereocenters. The van der Waals surface area contributed by atoms with Crippen LogP contribution in [0.15, 0.2) is 20.0 Å². The molecule has 2 heterocycles. The Morgan fingerprint density at radius 2 is 1.94 bits per heavy atom. The van der Waals surface area contributed by atoms with Crippen LogP contribution in [0.2, 0.25) is 0 Å². The minimum Gasteiger partial charge on any atom is -0.226 e. The van der Waals surface area contributed by atoms with E-state index in [1.807, 2.05) is 13.0 Å². The van der Waals surface area contributed by atoms with Gasteiger partial charge in [-0.2, -0.15) is 0 Å². The number of nitrogens with zero attached hydrogens (tertiary/aromatic N) is 4. The first-order valence-electron chi connectivity index (χ1n) is 5.37. The maximum absolute atomic E-state index is 4.57. The minimum absolute atomic E-state index is 0.0733. The summed E-state index contributed by atoms with van der Waals surface area (Å²) < 4.78 is 1.70. The van der Waals surface area contributed by atoms with Crippen molar-refractivity contribution in [2.24, 2.45) is 0 Å². The molecule has 0 atom stereocenters. The van der Waals surface area contributed by atoms with E-state index < -0.39 is 0 Å². The van der Waals surface area contributed by atoms with Crippen LogP contribution in [0.25, 0.3) is 0 Å². The molecule has 0 N–H and O–H groups in total. The molecule has 0 aromatic carbocycles. The number of halogens is 1. The highest BCUT2D eigenvalue weighted by atomic mass is 79.9. The Hall–Kier alpha value is -0.530. The van der Waals surface area contributed by atoms with Crippen molar-refractivity contribution >= 4 is 39.0 Å². The first kappa shape index (κ1) is 13.9. The van der Waals surface area contributed by atoms with Gasteiger partial charge in [0.15, 0.2) is 4.34 Å². The lowest BCUT2D eigenvalue weighted by Gasteiger charge is -2.17. The van der Waals surface area contributed by atoms with Crippen LogP contribution in [0.5, 0.6) is 0 Å². The zero-order chi connectivity index (χ0) is 13.3. The summed E-state index contributed by atoms with van der Waals surface area (Å²) in [6.07, 6.45) is 0. The summed E-state index contributed by atoms with van der Waals surface area (Å²) in [5.41, 5.74) is -0.0733. The van der Waals surface area contributed by atoms with Crippen LogP contribution >= 0.6 is 39.0 Å². The highest BCUT2D eigenvalue weighted by Gasteiger charge is 2.19. The zero-order valence-electron chi connectivity index (χ0n) is 10.6. The van der Waals surface area contributed by atoms with Crippen molar-refractivity contribution in [1.29, 1.82) is 0 Å². The molecule has 0 amide bonds. The van der Waals surface area contributed by atoms with E-state index in [-0.39, 0.29) is 5.41 Å².